The van der Waals surface area contributed by atoms with E-state index >= 15 is 0 Å². The first kappa shape index (κ1) is 14.6. The molecule has 3 rings (SSSR count). The van der Waals surface area contributed by atoms with Gasteiger partial charge in [0, 0.05) is 6.42 Å². The maximum absolute atomic E-state index is 12.6. The summed E-state index contributed by atoms with van der Waals surface area (Å²) in [6.45, 7) is 0. The SMILES string of the molecule is O/N=C1\CCc2cc(-c3ccc(C(F)(F)F)cc3)ccc2C1. The zero-order valence-corrected chi connectivity index (χ0v) is 11.7. The highest BCUT2D eigenvalue weighted by Gasteiger charge is 2.30. The summed E-state index contributed by atoms with van der Waals surface area (Å²) >= 11 is 0. The van der Waals surface area contributed by atoms with Crippen LogP contribution in [-0.2, 0) is 19.0 Å². The molecule has 2 aromatic rings. The van der Waals surface area contributed by atoms with E-state index in [1.165, 1.54) is 12.1 Å². The van der Waals surface area contributed by atoms with Gasteiger partial charge in [0.2, 0.25) is 0 Å². The molecule has 0 amide bonds. The summed E-state index contributed by atoms with van der Waals surface area (Å²) in [4.78, 5) is 0. The normalized spacial score (nSPS) is 16.6. The summed E-state index contributed by atoms with van der Waals surface area (Å²) in [5, 5.41) is 12.1. The Hall–Kier alpha value is -2.30. The van der Waals surface area contributed by atoms with E-state index in [9.17, 15) is 13.2 Å². The third-order valence-corrected chi connectivity index (χ3v) is 3.97. The van der Waals surface area contributed by atoms with E-state index in [1.54, 1.807) is 0 Å². The predicted octanol–water partition coefficient (Wildman–Crippen LogP) is 4.69. The van der Waals surface area contributed by atoms with Crippen molar-refractivity contribution in [1.29, 1.82) is 0 Å². The Kier molecular flexibility index (Phi) is 3.64. The van der Waals surface area contributed by atoms with E-state index < -0.39 is 11.7 Å². The minimum Gasteiger partial charge on any atom is -0.411 e. The molecule has 1 N–H and O–H groups in total. The summed E-state index contributed by atoms with van der Waals surface area (Å²) in [6, 6.07) is 11.0. The number of fused-ring (bicyclic) bond motifs is 1. The number of alkyl halides is 3. The zero-order valence-electron chi connectivity index (χ0n) is 11.7. The maximum Gasteiger partial charge on any atom is 0.416 e. The minimum atomic E-state index is -4.31. The van der Waals surface area contributed by atoms with Crippen molar-refractivity contribution < 1.29 is 18.4 Å². The fourth-order valence-electron chi connectivity index (χ4n) is 2.73. The monoisotopic (exact) mass is 305 g/mol. The molecule has 0 heterocycles. The number of benzene rings is 2. The molecule has 0 bridgehead atoms. The minimum absolute atomic E-state index is 0.624. The summed E-state index contributed by atoms with van der Waals surface area (Å²) in [6.07, 6.45) is -2.20. The highest BCUT2D eigenvalue weighted by Crippen LogP contribution is 2.32. The van der Waals surface area contributed by atoms with Crippen molar-refractivity contribution in [2.75, 3.05) is 0 Å². The van der Waals surface area contributed by atoms with Crippen LogP contribution in [0.2, 0.25) is 0 Å². The Morgan fingerprint density at radius 1 is 0.864 bits per heavy atom. The van der Waals surface area contributed by atoms with E-state index in [-0.39, 0.29) is 0 Å². The molecule has 2 aromatic carbocycles. The average molecular weight is 305 g/mol. The van der Waals surface area contributed by atoms with Crippen LogP contribution in [-0.4, -0.2) is 10.9 Å². The molecule has 0 atom stereocenters. The molecule has 0 aromatic heterocycles. The average Bonchev–Trinajstić information content (AvgIpc) is 2.53. The highest BCUT2D eigenvalue weighted by molar-refractivity contribution is 5.88. The number of nitrogens with zero attached hydrogens (tertiary/aromatic N) is 1. The zero-order chi connectivity index (χ0) is 15.7. The molecule has 0 saturated heterocycles. The molecule has 0 saturated carbocycles. The Bertz CT molecular complexity index is 718. The van der Waals surface area contributed by atoms with Gasteiger partial charge in [0.1, 0.15) is 0 Å². The molecule has 1 aliphatic rings. The smallest absolute Gasteiger partial charge is 0.411 e. The van der Waals surface area contributed by atoms with Crippen molar-refractivity contribution in [2.45, 2.75) is 25.4 Å². The van der Waals surface area contributed by atoms with E-state index in [0.717, 1.165) is 46.5 Å². The van der Waals surface area contributed by atoms with Crippen LogP contribution in [0.1, 0.15) is 23.1 Å². The number of oxime groups is 1. The second-order valence-corrected chi connectivity index (χ2v) is 5.40. The topological polar surface area (TPSA) is 32.6 Å². The number of aryl methyl sites for hydroxylation is 1. The van der Waals surface area contributed by atoms with Gasteiger partial charge in [-0.15, -0.1) is 0 Å². The van der Waals surface area contributed by atoms with Crippen molar-refractivity contribution in [3.63, 3.8) is 0 Å². The largest absolute Gasteiger partial charge is 0.416 e. The molecule has 1 aliphatic carbocycles. The van der Waals surface area contributed by atoms with Crippen molar-refractivity contribution in [1.82, 2.24) is 0 Å². The van der Waals surface area contributed by atoms with Gasteiger partial charge in [0.05, 0.1) is 11.3 Å². The van der Waals surface area contributed by atoms with Crippen molar-refractivity contribution in [3.8, 4) is 11.1 Å². The van der Waals surface area contributed by atoms with Gasteiger partial charge in [-0.05, 0) is 47.2 Å². The second-order valence-electron chi connectivity index (χ2n) is 5.40. The Morgan fingerprint density at radius 3 is 2.18 bits per heavy atom. The Balaban J connectivity index is 1.90. The summed E-state index contributed by atoms with van der Waals surface area (Å²) in [7, 11) is 0. The van der Waals surface area contributed by atoms with Crippen LogP contribution in [0.25, 0.3) is 11.1 Å². The first-order chi connectivity index (χ1) is 10.5. The molecule has 114 valence electrons. The van der Waals surface area contributed by atoms with Crippen LogP contribution in [0.3, 0.4) is 0 Å². The van der Waals surface area contributed by atoms with Crippen molar-refractivity contribution >= 4 is 5.71 Å². The quantitative estimate of drug-likeness (QED) is 0.601. The summed E-state index contributed by atoms with van der Waals surface area (Å²) in [5.41, 5.74) is 4.04. The first-order valence-electron chi connectivity index (χ1n) is 6.96. The Labute approximate surface area is 125 Å². The van der Waals surface area contributed by atoms with Gasteiger partial charge in [0.25, 0.3) is 0 Å². The predicted molar refractivity (Wildman–Crippen MR) is 78.1 cm³/mol. The van der Waals surface area contributed by atoms with E-state index in [1.807, 2.05) is 18.2 Å². The van der Waals surface area contributed by atoms with Gasteiger partial charge >= 0.3 is 6.18 Å². The Morgan fingerprint density at radius 2 is 1.55 bits per heavy atom. The van der Waals surface area contributed by atoms with Gasteiger partial charge in [-0.1, -0.05) is 35.5 Å². The highest BCUT2D eigenvalue weighted by atomic mass is 19.4. The number of hydrogen-bond donors (Lipinski definition) is 1. The van der Waals surface area contributed by atoms with Gasteiger partial charge in [-0.25, -0.2) is 0 Å². The maximum atomic E-state index is 12.6. The fraction of sp³-hybridized carbons (Fsp3) is 0.235. The summed E-state index contributed by atoms with van der Waals surface area (Å²) < 4.78 is 37.8. The lowest BCUT2D eigenvalue weighted by atomic mass is 9.88. The van der Waals surface area contributed by atoms with Crippen LogP contribution in [0.4, 0.5) is 13.2 Å². The molecule has 0 radical (unpaired) electrons. The summed E-state index contributed by atoms with van der Waals surface area (Å²) in [5.74, 6) is 0. The van der Waals surface area contributed by atoms with Crippen molar-refractivity contribution in [3.05, 3.63) is 59.2 Å². The molecule has 22 heavy (non-hydrogen) atoms. The van der Waals surface area contributed by atoms with Crippen LogP contribution < -0.4 is 0 Å². The lowest BCUT2D eigenvalue weighted by Gasteiger charge is -2.18. The van der Waals surface area contributed by atoms with Gasteiger partial charge in [-0.2, -0.15) is 13.2 Å². The van der Waals surface area contributed by atoms with Gasteiger partial charge in [-0.3, -0.25) is 0 Å². The second kappa shape index (κ2) is 5.48. The molecule has 5 heteroatoms. The molecule has 2 nitrogen and oxygen atoms in total. The lowest BCUT2D eigenvalue weighted by Crippen LogP contribution is -2.13. The molecular weight excluding hydrogens is 291 g/mol. The third kappa shape index (κ3) is 2.84. The molecule has 0 aliphatic heterocycles. The lowest BCUT2D eigenvalue weighted by molar-refractivity contribution is -0.137. The van der Waals surface area contributed by atoms with E-state index in [4.69, 9.17) is 5.21 Å². The van der Waals surface area contributed by atoms with Crippen LogP contribution in [0.15, 0.2) is 47.6 Å². The van der Waals surface area contributed by atoms with Gasteiger partial charge in [0.15, 0.2) is 0 Å². The number of hydrogen-bond acceptors (Lipinski definition) is 2. The molecule has 0 spiro atoms. The third-order valence-electron chi connectivity index (χ3n) is 3.97. The van der Waals surface area contributed by atoms with Crippen LogP contribution >= 0.6 is 0 Å². The molecular formula is C17H14F3NO. The first-order valence-corrected chi connectivity index (χ1v) is 6.96. The standard InChI is InChI=1S/C17H14F3NO/c18-17(19,20)15-6-3-11(4-7-15)12-1-2-14-10-16(21-22)8-5-13(14)9-12/h1-4,6-7,9,22H,5,8,10H2/b21-16+. The molecule has 0 fully saturated rings. The van der Waals surface area contributed by atoms with Crippen LogP contribution in [0, 0.1) is 0 Å². The van der Waals surface area contributed by atoms with Crippen LogP contribution in [0.5, 0.6) is 0 Å². The fourth-order valence-corrected chi connectivity index (χ4v) is 2.73. The molecule has 0 unspecified atom stereocenters. The van der Waals surface area contributed by atoms with Crippen molar-refractivity contribution in [2.24, 2.45) is 5.16 Å². The van der Waals surface area contributed by atoms with E-state index in [2.05, 4.69) is 5.16 Å². The number of rotatable bonds is 1. The van der Waals surface area contributed by atoms with Gasteiger partial charge < -0.3 is 5.21 Å². The van der Waals surface area contributed by atoms with E-state index in [0.29, 0.717) is 12.8 Å². The number of halogens is 3.